The van der Waals surface area contributed by atoms with Crippen molar-refractivity contribution in [3.05, 3.63) is 59.4 Å². The smallest absolute Gasteiger partial charge is 0.274 e. The standard InChI is InChI=1S/C18H17N5O2.ClH/c1-18(11-25-10-16(20)23-18)13-3-2-4-14(7-13)22-17(24)15-6-5-12(8-19)9-21-15;/h2-7,9H,10-11H2,1H3,(H2,20,23)(H,22,24);1H. The first-order valence-electron chi connectivity index (χ1n) is 7.70. The number of halogens is 1. The maximum atomic E-state index is 12.3. The van der Waals surface area contributed by atoms with Crippen molar-refractivity contribution in [2.75, 3.05) is 18.5 Å². The number of nitrogens with two attached hydrogens (primary N) is 1. The monoisotopic (exact) mass is 371 g/mol. The van der Waals surface area contributed by atoms with Gasteiger partial charge in [-0.25, -0.2) is 4.98 Å². The molecule has 26 heavy (non-hydrogen) atoms. The van der Waals surface area contributed by atoms with Crippen LogP contribution < -0.4 is 11.1 Å². The summed E-state index contributed by atoms with van der Waals surface area (Å²) in [7, 11) is 0. The second-order valence-electron chi connectivity index (χ2n) is 5.95. The molecule has 1 amide bonds. The summed E-state index contributed by atoms with van der Waals surface area (Å²) < 4.78 is 5.48. The van der Waals surface area contributed by atoms with Gasteiger partial charge in [-0.05, 0) is 36.8 Å². The van der Waals surface area contributed by atoms with Crippen LogP contribution in [0.4, 0.5) is 5.69 Å². The second kappa shape index (κ2) is 7.95. The highest BCUT2D eigenvalue weighted by molar-refractivity contribution is 6.02. The quantitative estimate of drug-likeness (QED) is 0.858. The van der Waals surface area contributed by atoms with Gasteiger partial charge < -0.3 is 15.8 Å². The van der Waals surface area contributed by atoms with Gasteiger partial charge in [-0.1, -0.05) is 12.1 Å². The van der Waals surface area contributed by atoms with Gasteiger partial charge in [-0.2, -0.15) is 5.26 Å². The molecule has 8 heteroatoms. The Morgan fingerprint density at radius 3 is 2.85 bits per heavy atom. The summed E-state index contributed by atoms with van der Waals surface area (Å²) >= 11 is 0. The molecule has 2 aromatic rings. The van der Waals surface area contributed by atoms with E-state index < -0.39 is 5.54 Å². The maximum Gasteiger partial charge on any atom is 0.274 e. The average Bonchev–Trinajstić information content (AvgIpc) is 2.62. The van der Waals surface area contributed by atoms with E-state index >= 15 is 0 Å². The van der Waals surface area contributed by atoms with E-state index in [1.165, 1.54) is 12.3 Å². The van der Waals surface area contributed by atoms with Gasteiger partial charge in [0.25, 0.3) is 5.91 Å². The summed E-state index contributed by atoms with van der Waals surface area (Å²) in [6.45, 7) is 2.68. The normalized spacial score (nSPS) is 18.8. The summed E-state index contributed by atoms with van der Waals surface area (Å²) in [5.41, 5.74) is 7.35. The fourth-order valence-corrected chi connectivity index (χ4v) is 2.61. The molecule has 0 saturated heterocycles. The lowest BCUT2D eigenvalue weighted by atomic mass is 9.92. The number of hydrogen-bond acceptors (Lipinski definition) is 6. The second-order valence-corrected chi connectivity index (χ2v) is 5.95. The van der Waals surface area contributed by atoms with Crippen molar-refractivity contribution >= 4 is 29.8 Å². The first-order chi connectivity index (χ1) is 12.0. The molecule has 1 aliphatic rings. The number of hydrogen-bond donors (Lipinski definition) is 2. The number of rotatable bonds is 3. The number of anilines is 1. The van der Waals surface area contributed by atoms with E-state index in [1.54, 1.807) is 12.1 Å². The van der Waals surface area contributed by atoms with E-state index in [-0.39, 0.29) is 24.0 Å². The van der Waals surface area contributed by atoms with Gasteiger partial charge in [0.15, 0.2) is 0 Å². The van der Waals surface area contributed by atoms with Gasteiger partial charge in [-0.3, -0.25) is 9.79 Å². The lowest BCUT2D eigenvalue weighted by Crippen LogP contribution is -2.37. The van der Waals surface area contributed by atoms with Gasteiger partial charge >= 0.3 is 0 Å². The van der Waals surface area contributed by atoms with Crippen molar-refractivity contribution in [1.29, 1.82) is 5.26 Å². The number of aliphatic imine (C=N–C) groups is 1. The maximum absolute atomic E-state index is 12.3. The predicted molar refractivity (Wildman–Crippen MR) is 100 cm³/mol. The van der Waals surface area contributed by atoms with Gasteiger partial charge in [0.2, 0.25) is 0 Å². The van der Waals surface area contributed by atoms with Crippen LogP contribution in [0.1, 0.15) is 28.5 Å². The van der Waals surface area contributed by atoms with Crippen LogP contribution in [0.25, 0.3) is 0 Å². The van der Waals surface area contributed by atoms with Crippen LogP contribution in [-0.2, 0) is 10.3 Å². The molecule has 7 nitrogen and oxygen atoms in total. The third kappa shape index (κ3) is 4.17. The molecule has 1 unspecified atom stereocenters. The van der Waals surface area contributed by atoms with Crippen molar-refractivity contribution in [1.82, 2.24) is 4.98 Å². The number of benzene rings is 1. The molecular weight excluding hydrogens is 354 g/mol. The zero-order valence-electron chi connectivity index (χ0n) is 14.1. The molecule has 3 rings (SSSR count). The molecule has 2 heterocycles. The number of carbonyl (C=O) groups is 1. The molecule has 0 spiro atoms. The van der Waals surface area contributed by atoms with Crippen molar-refractivity contribution in [3.8, 4) is 6.07 Å². The summed E-state index contributed by atoms with van der Waals surface area (Å²) in [4.78, 5) is 20.8. The van der Waals surface area contributed by atoms with Gasteiger partial charge in [0.05, 0.1) is 12.2 Å². The molecule has 3 N–H and O–H groups in total. The van der Waals surface area contributed by atoms with Crippen molar-refractivity contribution in [2.45, 2.75) is 12.5 Å². The van der Waals surface area contributed by atoms with Gasteiger partial charge in [-0.15, -0.1) is 12.4 Å². The minimum Gasteiger partial charge on any atom is -0.386 e. The molecule has 1 atom stereocenters. The van der Waals surface area contributed by atoms with Crippen LogP contribution >= 0.6 is 12.4 Å². The highest BCUT2D eigenvalue weighted by Gasteiger charge is 2.30. The van der Waals surface area contributed by atoms with Crippen LogP contribution in [0.5, 0.6) is 0 Å². The number of aromatic nitrogens is 1. The van der Waals surface area contributed by atoms with Gasteiger partial charge in [0, 0.05) is 11.9 Å². The van der Waals surface area contributed by atoms with Crippen LogP contribution in [0.3, 0.4) is 0 Å². The Hall–Kier alpha value is -2.95. The van der Waals surface area contributed by atoms with Crippen molar-refractivity contribution in [2.24, 2.45) is 10.7 Å². The first-order valence-corrected chi connectivity index (χ1v) is 7.70. The van der Waals surface area contributed by atoms with E-state index in [2.05, 4.69) is 15.3 Å². The topological polar surface area (TPSA) is 113 Å². The fraction of sp³-hybridized carbons (Fsp3) is 0.222. The Kier molecular flexibility index (Phi) is 5.93. The molecule has 1 aromatic carbocycles. The fourth-order valence-electron chi connectivity index (χ4n) is 2.61. The van der Waals surface area contributed by atoms with Crippen LogP contribution in [0.15, 0.2) is 47.6 Å². The van der Waals surface area contributed by atoms with Crippen LogP contribution in [0, 0.1) is 11.3 Å². The largest absolute Gasteiger partial charge is 0.386 e. The number of nitriles is 1. The van der Waals surface area contributed by atoms with Gasteiger partial charge in [0.1, 0.15) is 29.7 Å². The summed E-state index contributed by atoms with van der Waals surface area (Å²) in [6, 6.07) is 12.4. The predicted octanol–water partition coefficient (Wildman–Crippen LogP) is 2.23. The Morgan fingerprint density at radius 1 is 1.38 bits per heavy atom. The summed E-state index contributed by atoms with van der Waals surface area (Å²) in [5.74, 6) is 0.0969. The molecule has 1 aromatic heterocycles. The summed E-state index contributed by atoms with van der Waals surface area (Å²) in [6.07, 6.45) is 1.36. The molecule has 0 radical (unpaired) electrons. The number of nitrogens with one attached hydrogen (secondary N) is 1. The third-order valence-corrected chi connectivity index (χ3v) is 3.89. The van der Waals surface area contributed by atoms with Crippen LogP contribution in [-0.4, -0.2) is 29.9 Å². The van der Waals surface area contributed by atoms with E-state index in [1.807, 2.05) is 31.2 Å². The average molecular weight is 372 g/mol. The molecule has 0 bridgehead atoms. The lowest BCUT2D eigenvalue weighted by molar-refractivity contribution is 0.102. The van der Waals surface area contributed by atoms with E-state index in [9.17, 15) is 4.79 Å². The number of pyridine rings is 1. The van der Waals surface area contributed by atoms with Crippen LogP contribution in [0.2, 0.25) is 0 Å². The number of amidine groups is 1. The highest BCUT2D eigenvalue weighted by atomic mass is 35.5. The minimum atomic E-state index is -0.588. The van der Waals surface area contributed by atoms with Crippen molar-refractivity contribution in [3.63, 3.8) is 0 Å². The third-order valence-electron chi connectivity index (χ3n) is 3.89. The lowest BCUT2D eigenvalue weighted by Gasteiger charge is -2.30. The Morgan fingerprint density at radius 2 is 2.19 bits per heavy atom. The number of amides is 1. The summed E-state index contributed by atoms with van der Waals surface area (Å²) in [5, 5.41) is 11.6. The zero-order chi connectivity index (χ0) is 17.9. The Bertz CT molecular complexity index is 876. The Labute approximate surface area is 157 Å². The Balaban J connectivity index is 0.00000243. The zero-order valence-corrected chi connectivity index (χ0v) is 14.9. The molecule has 0 saturated carbocycles. The van der Waals surface area contributed by atoms with E-state index in [4.69, 9.17) is 15.7 Å². The molecule has 1 aliphatic heterocycles. The highest BCUT2D eigenvalue weighted by Crippen LogP contribution is 2.29. The number of ether oxygens (including phenoxy) is 1. The first kappa shape index (κ1) is 19.4. The van der Waals surface area contributed by atoms with E-state index in [0.717, 1.165) is 5.56 Å². The SMILES string of the molecule is CC1(c2cccc(NC(=O)c3ccc(C#N)cn3)c2)COCC(N)=N1.Cl. The molecular formula is C18H18ClN5O2. The molecule has 0 aliphatic carbocycles. The van der Waals surface area contributed by atoms with Crippen molar-refractivity contribution < 1.29 is 9.53 Å². The molecule has 0 fully saturated rings. The number of carbonyl (C=O) groups excluding carboxylic acids is 1. The number of nitrogens with zero attached hydrogens (tertiary/aromatic N) is 3. The van der Waals surface area contributed by atoms with E-state index in [0.29, 0.717) is 30.3 Å². The minimum absolute atomic E-state index is 0. The molecule has 134 valence electrons.